The largest absolute Gasteiger partial charge is 0.381 e. The van der Waals surface area contributed by atoms with Crippen molar-refractivity contribution in [3.8, 4) is 0 Å². The second-order valence-electron chi connectivity index (χ2n) is 7.00. The van der Waals surface area contributed by atoms with Crippen LogP contribution in [0.5, 0.6) is 0 Å². The van der Waals surface area contributed by atoms with E-state index in [1.165, 1.54) is 0 Å². The first-order valence-electron chi connectivity index (χ1n) is 9.06. The van der Waals surface area contributed by atoms with E-state index in [9.17, 15) is 9.59 Å². The van der Waals surface area contributed by atoms with E-state index in [4.69, 9.17) is 4.74 Å². The Bertz CT molecular complexity index is 818. The fraction of sp³-hybridized carbons (Fsp3) is 0.526. The van der Waals surface area contributed by atoms with Crippen molar-refractivity contribution in [1.29, 1.82) is 0 Å². The van der Waals surface area contributed by atoms with Gasteiger partial charge in [0.2, 0.25) is 5.91 Å². The fourth-order valence-corrected chi connectivity index (χ4v) is 3.96. The summed E-state index contributed by atoms with van der Waals surface area (Å²) in [5.74, 6) is 0.686. The van der Waals surface area contributed by atoms with Crippen molar-refractivity contribution in [2.45, 2.75) is 31.6 Å². The van der Waals surface area contributed by atoms with Crippen LogP contribution in [-0.4, -0.2) is 47.1 Å². The zero-order valence-electron chi connectivity index (χ0n) is 14.2. The van der Waals surface area contributed by atoms with Gasteiger partial charge < -0.3 is 14.6 Å². The molecule has 0 aromatic carbocycles. The van der Waals surface area contributed by atoms with Crippen LogP contribution >= 0.6 is 0 Å². The van der Waals surface area contributed by atoms with Gasteiger partial charge in [0.15, 0.2) is 0 Å². The molecule has 2 aliphatic rings. The number of likely N-dealkylation sites (tertiary alicyclic amines) is 1. The predicted octanol–water partition coefficient (Wildman–Crippen LogP) is 2.06. The quantitative estimate of drug-likeness (QED) is 0.907. The van der Waals surface area contributed by atoms with E-state index in [1.54, 1.807) is 18.5 Å². The van der Waals surface area contributed by atoms with Gasteiger partial charge in [-0.15, -0.1) is 0 Å². The van der Waals surface area contributed by atoms with Crippen LogP contribution in [0.1, 0.15) is 37.3 Å². The van der Waals surface area contributed by atoms with Crippen LogP contribution < -0.4 is 5.56 Å². The number of hydrogen-bond acceptors (Lipinski definition) is 4. The van der Waals surface area contributed by atoms with Crippen molar-refractivity contribution in [1.82, 2.24) is 14.9 Å². The lowest BCUT2D eigenvalue weighted by atomic mass is 9.90. The predicted molar refractivity (Wildman–Crippen MR) is 94.5 cm³/mol. The molecule has 4 heterocycles. The summed E-state index contributed by atoms with van der Waals surface area (Å²) in [6, 6.07) is 3.78. The maximum Gasteiger partial charge on any atom is 0.256 e. The zero-order valence-corrected chi connectivity index (χ0v) is 14.2. The minimum Gasteiger partial charge on any atom is -0.381 e. The first-order valence-corrected chi connectivity index (χ1v) is 9.06. The number of carbonyl (C=O) groups is 1. The average Bonchev–Trinajstić information content (AvgIpc) is 2.68. The van der Waals surface area contributed by atoms with Gasteiger partial charge in [0, 0.05) is 61.6 Å². The summed E-state index contributed by atoms with van der Waals surface area (Å²) >= 11 is 0. The minimum atomic E-state index is -0.0596. The molecule has 2 aromatic heterocycles. The van der Waals surface area contributed by atoms with Crippen LogP contribution in [0.2, 0.25) is 0 Å². The number of nitrogens with one attached hydrogen (secondary N) is 1. The molecule has 0 radical (unpaired) electrons. The van der Waals surface area contributed by atoms with E-state index in [2.05, 4.69) is 9.97 Å². The van der Waals surface area contributed by atoms with Crippen molar-refractivity contribution >= 4 is 16.7 Å². The van der Waals surface area contributed by atoms with Gasteiger partial charge in [-0.25, -0.2) is 0 Å². The number of amides is 1. The summed E-state index contributed by atoms with van der Waals surface area (Å²) in [7, 11) is 0. The van der Waals surface area contributed by atoms with Gasteiger partial charge in [-0.05, 0) is 37.8 Å². The first kappa shape index (κ1) is 16.3. The number of piperidine rings is 1. The van der Waals surface area contributed by atoms with E-state index in [-0.39, 0.29) is 23.3 Å². The number of aromatic amines is 1. The smallest absolute Gasteiger partial charge is 0.256 e. The van der Waals surface area contributed by atoms with Gasteiger partial charge in [-0.1, -0.05) is 0 Å². The molecule has 0 aliphatic carbocycles. The van der Waals surface area contributed by atoms with Gasteiger partial charge in [0.25, 0.3) is 5.56 Å². The number of ether oxygens (including phenoxy) is 1. The molecule has 6 nitrogen and oxygen atoms in total. The summed E-state index contributed by atoms with van der Waals surface area (Å²) in [6.07, 6.45) is 6.82. The molecule has 1 N–H and O–H groups in total. The zero-order chi connectivity index (χ0) is 17.2. The lowest BCUT2D eigenvalue weighted by molar-refractivity contribution is -0.139. The van der Waals surface area contributed by atoms with Gasteiger partial charge in [0.1, 0.15) is 0 Å². The van der Waals surface area contributed by atoms with E-state index in [0.717, 1.165) is 49.9 Å². The Morgan fingerprint density at radius 3 is 2.72 bits per heavy atom. The van der Waals surface area contributed by atoms with E-state index in [1.807, 2.05) is 11.0 Å². The third-order valence-electron chi connectivity index (χ3n) is 5.48. The second-order valence-corrected chi connectivity index (χ2v) is 7.00. The molecule has 4 rings (SSSR count). The highest BCUT2D eigenvalue weighted by Crippen LogP contribution is 2.29. The van der Waals surface area contributed by atoms with Crippen LogP contribution in [0, 0.1) is 5.92 Å². The summed E-state index contributed by atoms with van der Waals surface area (Å²) in [5, 5.41) is 1.55. The maximum absolute atomic E-state index is 12.6. The highest BCUT2D eigenvalue weighted by atomic mass is 16.5. The Morgan fingerprint density at radius 1 is 1.20 bits per heavy atom. The summed E-state index contributed by atoms with van der Waals surface area (Å²) in [6.45, 7) is 2.90. The van der Waals surface area contributed by atoms with Crippen molar-refractivity contribution < 1.29 is 9.53 Å². The molecule has 0 atom stereocenters. The summed E-state index contributed by atoms with van der Waals surface area (Å²) < 4.78 is 5.35. The Hall–Kier alpha value is -2.21. The highest BCUT2D eigenvalue weighted by Gasteiger charge is 2.30. The third-order valence-corrected chi connectivity index (χ3v) is 5.48. The molecular weight excluding hydrogens is 318 g/mol. The Morgan fingerprint density at radius 2 is 1.96 bits per heavy atom. The van der Waals surface area contributed by atoms with E-state index < -0.39 is 0 Å². The molecule has 2 fully saturated rings. The van der Waals surface area contributed by atoms with Crippen LogP contribution in [0.25, 0.3) is 10.8 Å². The molecular formula is C19H23N3O3. The minimum absolute atomic E-state index is 0.0596. The Kier molecular flexibility index (Phi) is 4.53. The maximum atomic E-state index is 12.6. The number of rotatable bonds is 2. The second kappa shape index (κ2) is 6.96. The average molecular weight is 341 g/mol. The van der Waals surface area contributed by atoms with Gasteiger partial charge in [0.05, 0.1) is 5.39 Å². The van der Waals surface area contributed by atoms with Crippen molar-refractivity contribution in [2.24, 2.45) is 5.92 Å². The number of fused-ring (bicyclic) bond motifs is 1. The third kappa shape index (κ3) is 3.31. The normalized spacial score (nSPS) is 20.1. The van der Waals surface area contributed by atoms with Crippen molar-refractivity contribution in [3.63, 3.8) is 0 Å². The SMILES string of the molecule is O=C(C1CCOCC1)N1CCC(c2cc3cnccc3c(=O)[nH]2)CC1. The number of carbonyl (C=O) groups excluding carboxylic acids is 1. The molecule has 2 aromatic rings. The van der Waals surface area contributed by atoms with Gasteiger partial charge in [-0.3, -0.25) is 14.6 Å². The lowest BCUT2D eigenvalue weighted by Crippen LogP contribution is -2.43. The highest BCUT2D eigenvalue weighted by molar-refractivity contribution is 5.81. The molecule has 2 aliphatic heterocycles. The number of hydrogen-bond donors (Lipinski definition) is 1. The molecule has 0 unspecified atom stereocenters. The number of aromatic nitrogens is 2. The monoisotopic (exact) mass is 341 g/mol. The van der Waals surface area contributed by atoms with Crippen LogP contribution in [0.15, 0.2) is 29.3 Å². The van der Waals surface area contributed by atoms with Crippen molar-refractivity contribution in [3.05, 3.63) is 40.6 Å². The topological polar surface area (TPSA) is 75.3 Å². The fourth-order valence-electron chi connectivity index (χ4n) is 3.96. The molecule has 1 amide bonds. The molecule has 25 heavy (non-hydrogen) atoms. The molecule has 132 valence electrons. The molecule has 0 bridgehead atoms. The molecule has 0 spiro atoms. The summed E-state index contributed by atoms with van der Waals surface area (Å²) in [5.41, 5.74) is 0.902. The number of pyridine rings is 2. The van der Waals surface area contributed by atoms with Crippen molar-refractivity contribution in [2.75, 3.05) is 26.3 Å². The molecule has 2 saturated heterocycles. The first-order chi connectivity index (χ1) is 12.2. The van der Waals surface area contributed by atoms with Crippen LogP contribution in [0.4, 0.5) is 0 Å². The van der Waals surface area contributed by atoms with Gasteiger partial charge in [-0.2, -0.15) is 0 Å². The lowest BCUT2D eigenvalue weighted by Gasteiger charge is -2.35. The molecule has 0 saturated carbocycles. The number of nitrogens with zero attached hydrogens (tertiary/aromatic N) is 2. The van der Waals surface area contributed by atoms with Crippen LogP contribution in [0.3, 0.4) is 0 Å². The van der Waals surface area contributed by atoms with E-state index >= 15 is 0 Å². The molecule has 6 heteroatoms. The number of H-pyrrole nitrogens is 1. The Labute approximate surface area is 146 Å². The van der Waals surface area contributed by atoms with Gasteiger partial charge >= 0.3 is 0 Å². The standard InChI is InChI=1S/C19H23N3O3/c23-18-16-1-6-20-12-15(16)11-17(21-18)13-2-7-22(8-3-13)19(24)14-4-9-25-10-5-14/h1,6,11-14H,2-5,7-10H2,(H,21,23). The van der Waals surface area contributed by atoms with E-state index in [0.29, 0.717) is 18.6 Å². The van der Waals surface area contributed by atoms with Crippen LogP contribution in [-0.2, 0) is 9.53 Å². The summed E-state index contributed by atoms with van der Waals surface area (Å²) in [4.78, 5) is 34.0. The Balaban J connectivity index is 1.45.